The van der Waals surface area contributed by atoms with Crippen LogP contribution in [0.15, 0.2) is 133 Å². The fourth-order valence-corrected chi connectivity index (χ4v) is 7.58. The van der Waals surface area contributed by atoms with E-state index in [4.69, 9.17) is 25.4 Å². The van der Waals surface area contributed by atoms with Gasteiger partial charge in [-0.15, -0.1) is 6.42 Å². The van der Waals surface area contributed by atoms with E-state index in [2.05, 4.69) is 18.1 Å². The van der Waals surface area contributed by atoms with Crippen molar-refractivity contribution in [1.29, 1.82) is 0 Å². The molecule has 5 aromatic rings. The maximum absolute atomic E-state index is 14.2. The molecule has 2 heterocycles. The Morgan fingerprint density at radius 1 is 0.897 bits per heavy atom. The Kier molecular flexibility index (Phi) is 12.5. The molecule has 0 unspecified atom stereocenters. The van der Waals surface area contributed by atoms with Gasteiger partial charge in [-0.3, -0.25) is 14.4 Å². The SMILES string of the molecule is C#Cc1ccc(N2C(=O)[C@H](CC[C@H](OC(C)=O)c3ccc(F)cc3)[C@H]2c2ccc(-c3cccc([C@@H]4C=CC[C@H](COC(C)=O)O4)c3)cc2OCc2ccccc2)cc1. The van der Waals surface area contributed by atoms with Crippen LogP contribution in [0.2, 0.25) is 0 Å². The van der Waals surface area contributed by atoms with Crippen molar-refractivity contribution in [2.24, 2.45) is 5.92 Å². The molecule has 1 saturated heterocycles. The van der Waals surface area contributed by atoms with E-state index in [1.165, 1.54) is 26.0 Å². The Morgan fingerprint density at radius 2 is 1.66 bits per heavy atom. The van der Waals surface area contributed by atoms with Crippen molar-refractivity contribution in [3.63, 3.8) is 0 Å². The van der Waals surface area contributed by atoms with Gasteiger partial charge >= 0.3 is 11.9 Å². The van der Waals surface area contributed by atoms with Crippen LogP contribution in [0.5, 0.6) is 5.75 Å². The number of nitrogens with zero attached hydrogens (tertiary/aromatic N) is 1. The summed E-state index contributed by atoms with van der Waals surface area (Å²) in [5, 5.41) is 0. The van der Waals surface area contributed by atoms with E-state index >= 15 is 0 Å². The Bertz CT molecular complexity index is 2320. The number of carbonyl (C=O) groups is 3. The van der Waals surface area contributed by atoms with Gasteiger partial charge in [-0.2, -0.15) is 0 Å². The first-order chi connectivity index (χ1) is 28.2. The molecule has 0 saturated carbocycles. The molecule has 0 radical (unpaired) electrons. The van der Waals surface area contributed by atoms with Gasteiger partial charge in [0.05, 0.1) is 18.1 Å². The molecule has 1 amide bonds. The highest BCUT2D eigenvalue weighted by molar-refractivity contribution is 6.03. The Morgan fingerprint density at radius 3 is 2.38 bits per heavy atom. The summed E-state index contributed by atoms with van der Waals surface area (Å²) in [6, 6.07) is 36.8. The number of carbonyl (C=O) groups excluding carboxylic acids is 3. The Balaban J connectivity index is 1.24. The molecule has 0 aromatic heterocycles. The molecule has 5 atom stereocenters. The summed E-state index contributed by atoms with van der Waals surface area (Å²) in [6.45, 7) is 3.21. The topological polar surface area (TPSA) is 91.4 Å². The van der Waals surface area contributed by atoms with Crippen LogP contribution < -0.4 is 9.64 Å². The lowest BCUT2D eigenvalue weighted by Crippen LogP contribution is -2.55. The van der Waals surface area contributed by atoms with E-state index in [0.717, 1.165) is 27.8 Å². The van der Waals surface area contributed by atoms with E-state index in [9.17, 15) is 18.8 Å². The van der Waals surface area contributed by atoms with Gasteiger partial charge in [-0.05, 0) is 95.6 Å². The summed E-state index contributed by atoms with van der Waals surface area (Å²) in [7, 11) is 0. The molecule has 0 spiro atoms. The third-order valence-corrected chi connectivity index (χ3v) is 10.5. The molecule has 1 fully saturated rings. The number of esters is 2. The average Bonchev–Trinajstić information content (AvgIpc) is 3.24. The molecular formula is C49H44FNO7. The van der Waals surface area contributed by atoms with Crippen LogP contribution >= 0.6 is 0 Å². The number of hydrogen-bond donors (Lipinski definition) is 0. The number of terminal acetylenes is 1. The average molecular weight is 778 g/mol. The number of ether oxygens (including phenoxy) is 4. The zero-order valence-corrected chi connectivity index (χ0v) is 32.4. The monoisotopic (exact) mass is 777 g/mol. The molecule has 294 valence electrons. The first-order valence-electron chi connectivity index (χ1n) is 19.4. The molecule has 0 bridgehead atoms. The normalized spacial score (nSPS) is 19.1. The lowest BCUT2D eigenvalue weighted by molar-refractivity contribution is -0.148. The summed E-state index contributed by atoms with van der Waals surface area (Å²) < 4.78 is 37.7. The second-order valence-corrected chi connectivity index (χ2v) is 14.5. The second-order valence-electron chi connectivity index (χ2n) is 14.5. The molecule has 0 N–H and O–H groups in total. The van der Waals surface area contributed by atoms with Gasteiger partial charge in [0.25, 0.3) is 0 Å². The molecule has 2 aliphatic rings. The second kappa shape index (κ2) is 18.2. The van der Waals surface area contributed by atoms with E-state index in [-0.39, 0.29) is 30.7 Å². The van der Waals surface area contributed by atoms with Crippen molar-refractivity contribution in [2.75, 3.05) is 11.5 Å². The van der Waals surface area contributed by atoms with E-state index in [0.29, 0.717) is 48.4 Å². The molecule has 5 aromatic carbocycles. The highest BCUT2D eigenvalue weighted by Gasteiger charge is 2.50. The smallest absolute Gasteiger partial charge is 0.303 e. The summed E-state index contributed by atoms with van der Waals surface area (Å²) in [4.78, 5) is 39.6. The van der Waals surface area contributed by atoms with Crippen molar-refractivity contribution in [3.05, 3.63) is 167 Å². The first-order valence-corrected chi connectivity index (χ1v) is 19.4. The number of hydrogen-bond acceptors (Lipinski definition) is 7. The fraction of sp³-hybridized carbons (Fsp3) is 0.245. The number of benzene rings is 5. The number of anilines is 1. The first kappa shape index (κ1) is 39.7. The van der Waals surface area contributed by atoms with Crippen LogP contribution in [0.4, 0.5) is 10.1 Å². The van der Waals surface area contributed by atoms with Crippen LogP contribution in [0.25, 0.3) is 11.1 Å². The van der Waals surface area contributed by atoms with Crippen molar-refractivity contribution in [2.45, 2.75) is 64.1 Å². The third kappa shape index (κ3) is 9.37. The number of β-lactam (4-membered cyclic amide) rings is 1. The van der Waals surface area contributed by atoms with Crippen molar-refractivity contribution >= 4 is 23.5 Å². The number of halogens is 1. The van der Waals surface area contributed by atoms with Crippen LogP contribution in [-0.2, 0) is 35.2 Å². The van der Waals surface area contributed by atoms with Crippen LogP contribution in [0.3, 0.4) is 0 Å². The van der Waals surface area contributed by atoms with Gasteiger partial charge in [0.2, 0.25) is 5.91 Å². The van der Waals surface area contributed by atoms with Gasteiger partial charge in [-0.1, -0.05) is 90.9 Å². The largest absolute Gasteiger partial charge is 0.489 e. The third-order valence-electron chi connectivity index (χ3n) is 10.5. The predicted molar refractivity (Wildman–Crippen MR) is 219 cm³/mol. The predicted octanol–water partition coefficient (Wildman–Crippen LogP) is 9.79. The minimum Gasteiger partial charge on any atom is -0.489 e. The Hall–Kier alpha value is -6.50. The van der Waals surface area contributed by atoms with Crippen molar-refractivity contribution in [3.8, 4) is 29.2 Å². The van der Waals surface area contributed by atoms with Crippen LogP contribution in [-0.4, -0.2) is 30.6 Å². The quantitative estimate of drug-likeness (QED) is 0.0480. The van der Waals surface area contributed by atoms with Gasteiger partial charge in [0.15, 0.2) is 0 Å². The van der Waals surface area contributed by atoms with E-state index in [1.54, 1.807) is 17.0 Å². The molecule has 9 heteroatoms. The zero-order chi connectivity index (χ0) is 40.6. The highest BCUT2D eigenvalue weighted by atomic mass is 19.1. The van der Waals surface area contributed by atoms with Crippen molar-refractivity contribution in [1.82, 2.24) is 0 Å². The zero-order valence-electron chi connectivity index (χ0n) is 32.4. The van der Waals surface area contributed by atoms with E-state index < -0.39 is 29.9 Å². The summed E-state index contributed by atoms with van der Waals surface area (Å²) >= 11 is 0. The van der Waals surface area contributed by atoms with Gasteiger partial charge in [-0.25, -0.2) is 4.39 Å². The Labute approximate surface area is 338 Å². The molecule has 7 rings (SSSR count). The number of amides is 1. The molecule has 8 nitrogen and oxygen atoms in total. The van der Waals surface area contributed by atoms with Gasteiger partial charge in [0, 0.05) is 30.7 Å². The fourth-order valence-electron chi connectivity index (χ4n) is 7.58. The van der Waals surface area contributed by atoms with Gasteiger partial charge < -0.3 is 23.8 Å². The molecule has 0 aliphatic carbocycles. The molecule has 2 aliphatic heterocycles. The molecular weight excluding hydrogens is 734 g/mol. The summed E-state index contributed by atoms with van der Waals surface area (Å²) in [6.07, 6.45) is 9.87. The minimum atomic E-state index is -0.668. The standard InChI is InChI=1S/C49H44FNO7/c1-4-34-16-23-41(24-17-34)51-48(44(49(51)54)26-27-46(57-33(3)53)36-18-21-40(50)22-19-36)43-25-20-38(29-47(43)56-30-35-10-6-5-7-11-35)37-12-8-13-39(28-37)45-15-9-14-42(58-45)31-55-32(2)52/h1,5-13,15-25,28-29,42,44-46,48H,14,26-27,30-31H2,2-3H3/t42-,44-,45+,46+,48-/m1/s1. The van der Waals surface area contributed by atoms with Crippen LogP contribution in [0.1, 0.15) is 79.2 Å². The maximum Gasteiger partial charge on any atom is 0.303 e. The lowest BCUT2D eigenvalue weighted by atomic mass is 9.77. The minimum absolute atomic E-state index is 0.0857. The van der Waals surface area contributed by atoms with E-state index in [1.807, 2.05) is 97.1 Å². The maximum atomic E-state index is 14.2. The number of rotatable bonds is 14. The van der Waals surface area contributed by atoms with Gasteiger partial charge in [0.1, 0.15) is 37.0 Å². The summed E-state index contributed by atoms with van der Waals surface area (Å²) in [5.41, 5.74) is 6.64. The molecule has 58 heavy (non-hydrogen) atoms. The van der Waals surface area contributed by atoms with Crippen LogP contribution in [0, 0.1) is 24.1 Å². The summed E-state index contributed by atoms with van der Waals surface area (Å²) in [5.74, 6) is 1.47. The highest BCUT2D eigenvalue weighted by Crippen LogP contribution is 2.50. The van der Waals surface area contributed by atoms with Crippen molar-refractivity contribution < 1.29 is 37.7 Å². The lowest BCUT2D eigenvalue weighted by Gasteiger charge is -2.48.